The number of hydrogen-bond acceptors (Lipinski definition) is 3. The summed E-state index contributed by atoms with van der Waals surface area (Å²) in [5.74, 6) is -0.797. The van der Waals surface area contributed by atoms with Crippen molar-refractivity contribution in [1.29, 1.82) is 0 Å². The molecule has 4 nitrogen and oxygen atoms in total. The smallest absolute Gasteiger partial charge is 0.307 e. The molecule has 1 aliphatic rings. The highest BCUT2D eigenvalue weighted by Crippen LogP contribution is 2.24. The van der Waals surface area contributed by atoms with Crippen molar-refractivity contribution in [2.75, 3.05) is 13.1 Å². The van der Waals surface area contributed by atoms with E-state index in [0.717, 1.165) is 19.5 Å². The number of rotatable bonds is 4. The number of carboxylic acid groups (broad SMARTS) is 1. The van der Waals surface area contributed by atoms with Gasteiger partial charge in [-0.25, -0.2) is 0 Å². The summed E-state index contributed by atoms with van der Waals surface area (Å²) in [6.45, 7) is 7.20. The molecule has 4 atom stereocenters. The molecule has 1 saturated heterocycles. The van der Waals surface area contributed by atoms with E-state index in [1.54, 1.807) is 13.8 Å². The number of carboxylic acids is 1. The van der Waals surface area contributed by atoms with Crippen LogP contribution in [0.25, 0.3) is 0 Å². The molecule has 15 heavy (non-hydrogen) atoms. The molecule has 0 aromatic carbocycles. The molecule has 0 spiro atoms. The average Bonchev–Trinajstić information content (AvgIpc) is 2.64. The fourth-order valence-corrected chi connectivity index (χ4v) is 2.10. The Labute approximate surface area is 90.9 Å². The first-order valence-electron chi connectivity index (χ1n) is 5.58. The maximum atomic E-state index is 10.8. The van der Waals surface area contributed by atoms with E-state index < -0.39 is 5.97 Å². The number of aliphatic hydroxyl groups excluding tert-OH is 1. The van der Waals surface area contributed by atoms with Gasteiger partial charge in [0.2, 0.25) is 0 Å². The average molecular weight is 215 g/mol. The van der Waals surface area contributed by atoms with Gasteiger partial charge in [0.25, 0.3) is 0 Å². The fraction of sp³-hybridized carbons (Fsp3) is 0.909. The summed E-state index contributed by atoms with van der Waals surface area (Å²) in [4.78, 5) is 13.0. The summed E-state index contributed by atoms with van der Waals surface area (Å²) in [5, 5.41) is 18.4. The molecular weight excluding hydrogens is 194 g/mol. The van der Waals surface area contributed by atoms with Crippen LogP contribution in [0.15, 0.2) is 0 Å². The first kappa shape index (κ1) is 12.5. The van der Waals surface area contributed by atoms with Crippen molar-refractivity contribution in [2.24, 2.45) is 11.8 Å². The van der Waals surface area contributed by atoms with Crippen LogP contribution in [-0.2, 0) is 4.79 Å². The third kappa shape index (κ3) is 2.92. The fourth-order valence-electron chi connectivity index (χ4n) is 2.10. The molecule has 1 aliphatic heterocycles. The highest BCUT2D eigenvalue weighted by Gasteiger charge is 2.32. The van der Waals surface area contributed by atoms with E-state index in [-0.39, 0.29) is 18.1 Å². The molecule has 0 aliphatic carbocycles. The highest BCUT2D eigenvalue weighted by molar-refractivity contribution is 5.70. The van der Waals surface area contributed by atoms with Crippen LogP contribution in [0.3, 0.4) is 0 Å². The zero-order chi connectivity index (χ0) is 11.6. The van der Waals surface area contributed by atoms with Crippen LogP contribution in [-0.4, -0.2) is 46.3 Å². The Morgan fingerprint density at radius 1 is 1.40 bits per heavy atom. The Morgan fingerprint density at radius 3 is 2.40 bits per heavy atom. The van der Waals surface area contributed by atoms with E-state index >= 15 is 0 Å². The number of carbonyl (C=O) groups is 1. The number of nitrogens with zero attached hydrogens (tertiary/aromatic N) is 1. The van der Waals surface area contributed by atoms with Crippen molar-refractivity contribution in [2.45, 2.75) is 39.3 Å². The molecule has 1 heterocycles. The van der Waals surface area contributed by atoms with Gasteiger partial charge >= 0.3 is 5.97 Å². The van der Waals surface area contributed by atoms with Gasteiger partial charge in [-0.3, -0.25) is 9.69 Å². The van der Waals surface area contributed by atoms with Crippen molar-refractivity contribution >= 4 is 5.97 Å². The third-order valence-corrected chi connectivity index (χ3v) is 3.63. The first-order chi connectivity index (χ1) is 6.93. The predicted octanol–water partition coefficient (Wildman–Crippen LogP) is 0.798. The highest BCUT2D eigenvalue weighted by atomic mass is 16.4. The van der Waals surface area contributed by atoms with Gasteiger partial charge < -0.3 is 10.2 Å². The summed E-state index contributed by atoms with van der Waals surface area (Å²) in [6.07, 6.45) is 0.677. The van der Waals surface area contributed by atoms with Crippen molar-refractivity contribution in [3.8, 4) is 0 Å². The lowest BCUT2D eigenvalue weighted by atomic mass is 10.0. The molecule has 0 amide bonds. The number of aliphatic hydroxyl groups is 1. The summed E-state index contributed by atoms with van der Waals surface area (Å²) in [5.41, 5.74) is 0. The van der Waals surface area contributed by atoms with E-state index in [1.807, 2.05) is 6.92 Å². The second kappa shape index (κ2) is 4.94. The Morgan fingerprint density at radius 2 is 2.00 bits per heavy atom. The van der Waals surface area contributed by atoms with E-state index in [0.29, 0.717) is 5.92 Å². The first-order valence-corrected chi connectivity index (χ1v) is 5.58. The molecule has 0 radical (unpaired) electrons. The standard InChI is InChI=1S/C11H21NO3/c1-7(11(14)15)8(2)12-5-4-10(6-12)9(3)13/h7-10,13H,4-6H2,1-3H3,(H,14,15). The molecule has 4 heteroatoms. The monoisotopic (exact) mass is 215 g/mol. The summed E-state index contributed by atoms with van der Waals surface area (Å²) in [7, 11) is 0. The summed E-state index contributed by atoms with van der Waals surface area (Å²) < 4.78 is 0. The van der Waals surface area contributed by atoms with E-state index in [9.17, 15) is 9.90 Å². The SMILES string of the molecule is CC(O)C1CCN(C(C)C(C)C(=O)O)C1. The molecule has 1 rings (SSSR count). The van der Waals surface area contributed by atoms with Crippen LogP contribution < -0.4 is 0 Å². The third-order valence-electron chi connectivity index (χ3n) is 3.63. The Bertz CT molecular complexity index is 230. The van der Waals surface area contributed by atoms with Crippen molar-refractivity contribution in [3.05, 3.63) is 0 Å². The second-order valence-electron chi connectivity index (χ2n) is 4.65. The van der Waals surface area contributed by atoms with Crippen molar-refractivity contribution in [3.63, 3.8) is 0 Å². The normalized spacial score (nSPS) is 28.7. The largest absolute Gasteiger partial charge is 0.481 e. The van der Waals surface area contributed by atoms with Gasteiger partial charge in [-0.1, -0.05) is 6.92 Å². The predicted molar refractivity (Wildman–Crippen MR) is 57.6 cm³/mol. The molecule has 4 unspecified atom stereocenters. The van der Waals surface area contributed by atoms with Gasteiger partial charge in [-0.15, -0.1) is 0 Å². The zero-order valence-electron chi connectivity index (χ0n) is 9.68. The maximum Gasteiger partial charge on any atom is 0.307 e. The van der Waals surface area contributed by atoms with Gasteiger partial charge in [0.1, 0.15) is 0 Å². The molecule has 88 valence electrons. The molecule has 0 aromatic heterocycles. The molecule has 0 saturated carbocycles. The van der Waals surface area contributed by atoms with E-state index in [2.05, 4.69) is 4.90 Å². The van der Waals surface area contributed by atoms with Crippen LogP contribution >= 0.6 is 0 Å². The topological polar surface area (TPSA) is 60.8 Å². The minimum Gasteiger partial charge on any atom is -0.481 e. The Kier molecular flexibility index (Phi) is 4.11. The number of aliphatic carboxylic acids is 1. The molecule has 0 aromatic rings. The lowest BCUT2D eigenvalue weighted by Gasteiger charge is -2.27. The molecule has 2 N–H and O–H groups in total. The number of hydrogen-bond donors (Lipinski definition) is 2. The molecule has 0 bridgehead atoms. The molecular formula is C11H21NO3. The van der Waals surface area contributed by atoms with Crippen LogP contribution in [0.5, 0.6) is 0 Å². The Hall–Kier alpha value is -0.610. The second-order valence-corrected chi connectivity index (χ2v) is 4.65. The van der Waals surface area contributed by atoms with Gasteiger partial charge in [-0.2, -0.15) is 0 Å². The van der Waals surface area contributed by atoms with Crippen molar-refractivity contribution in [1.82, 2.24) is 4.90 Å². The minimum atomic E-state index is -0.747. The lowest BCUT2D eigenvalue weighted by molar-refractivity contribution is -0.143. The Balaban J connectivity index is 2.49. The number of likely N-dealkylation sites (tertiary alicyclic amines) is 1. The van der Waals surface area contributed by atoms with Gasteiger partial charge in [0.05, 0.1) is 12.0 Å². The van der Waals surface area contributed by atoms with Gasteiger partial charge in [0.15, 0.2) is 0 Å². The summed E-state index contributed by atoms with van der Waals surface area (Å²) >= 11 is 0. The van der Waals surface area contributed by atoms with Crippen molar-refractivity contribution < 1.29 is 15.0 Å². The van der Waals surface area contributed by atoms with E-state index in [4.69, 9.17) is 5.11 Å². The van der Waals surface area contributed by atoms with Gasteiger partial charge in [-0.05, 0) is 32.7 Å². The maximum absolute atomic E-state index is 10.8. The quantitative estimate of drug-likeness (QED) is 0.728. The summed E-state index contributed by atoms with van der Waals surface area (Å²) in [6, 6.07) is 0.0475. The minimum absolute atomic E-state index is 0.0475. The van der Waals surface area contributed by atoms with Crippen LogP contribution in [0.2, 0.25) is 0 Å². The van der Waals surface area contributed by atoms with E-state index in [1.165, 1.54) is 0 Å². The van der Waals surface area contributed by atoms with Crippen LogP contribution in [0.4, 0.5) is 0 Å². The van der Waals surface area contributed by atoms with Gasteiger partial charge in [0, 0.05) is 12.6 Å². The lowest BCUT2D eigenvalue weighted by Crippen LogP contribution is -2.39. The van der Waals surface area contributed by atoms with Crippen LogP contribution in [0, 0.1) is 11.8 Å². The molecule has 1 fully saturated rings. The zero-order valence-corrected chi connectivity index (χ0v) is 9.68. The van der Waals surface area contributed by atoms with Crippen LogP contribution in [0.1, 0.15) is 27.2 Å².